The highest BCUT2D eigenvalue weighted by Crippen LogP contribution is 2.11. The number of amides is 4. The highest BCUT2D eigenvalue weighted by Gasteiger charge is 2.27. The summed E-state index contributed by atoms with van der Waals surface area (Å²) in [5, 5.41) is 25.8. The molecule has 0 aliphatic rings. The van der Waals surface area contributed by atoms with Gasteiger partial charge in [-0.2, -0.15) is 0 Å². The van der Waals surface area contributed by atoms with Crippen LogP contribution in [-0.4, -0.2) is 64.5 Å². The number of phenols is 1. The Morgan fingerprint density at radius 3 is 2.12 bits per heavy atom. The van der Waals surface area contributed by atoms with E-state index >= 15 is 0 Å². The van der Waals surface area contributed by atoms with E-state index in [0.29, 0.717) is 5.56 Å². The number of benzene rings is 1. The molecule has 9 N–H and O–H groups in total. The summed E-state index contributed by atoms with van der Waals surface area (Å²) in [6, 6.07) is 2.57. The second-order valence-corrected chi connectivity index (χ2v) is 7.89. The van der Waals surface area contributed by atoms with Gasteiger partial charge in [-0.15, -0.1) is 0 Å². The van der Waals surface area contributed by atoms with Gasteiger partial charge in [-0.3, -0.25) is 19.2 Å². The fourth-order valence-electron chi connectivity index (χ4n) is 2.81. The lowest BCUT2D eigenvalue weighted by Crippen LogP contribution is -2.55. The average molecular weight is 466 g/mol. The van der Waals surface area contributed by atoms with Gasteiger partial charge in [0.15, 0.2) is 0 Å². The number of carbonyl (C=O) groups is 5. The number of nitrogens with one attached hydrogen (secondary N) is 3. The SMILES string of the molecule is CC(C)[C@H](NC(=O)[C@@H](N)CCC(N)=O)C(=O)NCC(=O)N[C@@H](Cc1ccc(O)cc1)C(=O)O. The van der Waals surface area contributed by atoms with Crippen LogP contribution in [0.25, 0.3) is 0 Å². The normalized spacial score (nSPS) is 13.5. The first kappa shape index (κ1) is 27.4. The Morgan fingerprint density at radius 1 is 1.00 bits per heavy atom. The predicted octanol–water partition coefficient (Wildman–Crippen LogP) is -1.65. The first-order valence-corrected chi connectivity index (χ1v) is 10.3. The highest BCUT2D eigenvalue weighted by atomic mass is 16.4. The quantitative estimate of drug-likeness (QED) is 0.179. The van der Waals surface area contributed by atoms with E-state index in [4.69, 9.17) is 11.5 Å². The Kier molecular flexibility index (Phi) is 10.8. The van der Waals surface area contributed by atoms with Crippen LogP contribution in [0.3, 0.4) is 0 Å². The van der Waals surface area contributed by atoms with Crippen LogP contribution in [0.4, 0.5) is 0 Å². The van der Waals surface area contributed by atoms with Crippen molar-refractivity contribution in [1.29, 1.82) is 0 Å². The lowest BCUT2D eigenvalue weighted by atomic mass is 10.0. The fraction of sp³-hybridized carbons (Fsp3) is 0.476. The van der Waals surface area contributed by atoms with Gasteiger partial charge in [0.2, 0.25) is 23.6 Å². The number of carbonyl (C=O) groups excluding carboxylic acids is 4. The summed E-state index contributed by atoms with van der Waals surface area (Å²) in [5.41, 5.74) is 11.3. The number of aliphatic carboxylic acids is 1. The van der Waals surface area contributed by atoms with Crippen LogP contribution >= 0.6 is 0 Å². The first-order chi connectivity index (χ1) is 15.4. The van der Waals surface area contributed by atoms with Crippen molar-refractivity contribution in [2.45, 2.75) is 51.2 Å². The Bertz CT molecular complexity index is 857. The van der Waals surface area contributed by atoms with Crippen molar-refractivity contribution >= 4 is 29.6 Å². The molecule has 0 heterocycles. The summed E-state index contributed by atoms with van der Waals surface area (Å²) >= 11 is 0. The Morgan fingerprint density at radius 2 is 1.61 bits per heavy atom. The van der Waals surface area contributed by atoms with Crippen molar-refractivity contribution in [3.05, 3.63) is 29.8 Å². The van der Waals surface area contributed by atoms with Crippen molar-refractivity contribution in [2.75, 3.05) is 6.54 Å². The maximum Gasteiger partial charge on any atom is 0.326 e. The first-order valence-electron chi connectivity index (χ1n) is 10.3. The third kappa shape index (κ3) is 9.99. The molecule has 0 aliphatic heterocycles. The molecule has 0 unspecified atom stereocenters. The standard InChI is InChI=1S/C21H31N5O7/c1-11(2)18(26-19(30)14(22)7-8-16(23)28)20(31)24-10-17(29)25-15(21(32)33)9-12-3-5-13(27)6-4-12/h3-6,11,14-15,18,27H,7-10,22H2,1-2H3,(H2,23,28)(H,24,31)(H,25,29)(H,26,30)(H,32,33)/t14-,15-,18-/m0/s1. The van der Waals surface area contributed by atoms with Crippen molar-refractivity contribution < 1.29 is 34.2 Å². The zero-order chi connectivity index (χ0) is 25.1. The number of hydrogen-bond donors (Lipinski definition) is 7. The number of primary amides is 1. The van der Waals surface area contributed by atoms with E-state index in [1.54, 1.807) is 13.8 Å². The summed E-state index contributed by atoms with van der Waals surface area (Å²) in [5.74, 6) is -4.22. The van der Waals surface area contributed by atoms with E-state index in [0.717, 1.165) is 0 Å². The molecular weight excluding hydrogens is 434 g/mol. The number of phenolic OH excluding ortho intramolecular Hbond substituents is 1. The van der Waals surface area contributed by atoms with Crippen LogP contribution in [0, 0.1) is 5.92 Å². The van der Waals surface area contributed by atoms with E-state index < -0.39 is 54.3 Å². The van der Waals surface area contributed by atoms with Gasteiger partial charge < -0.3 is 37.6 Å². The van der Waals surface area contributed by atoms with Crippen molar-refractivity contribution in [3.8, 4) is 5.75 Å². The van der Waals surface area contributed by atoms with Crippen LogP contribution in [0.1, 0.15) is 32.3 Å². The number of carboxylic acids is 1. The predicted molar refractivity (Wildman–Crippen MR) is 118 cm³/mol. The van der Waals surface area contributed by atoms with Gasteiger partial charge in [-0.05, 0) is 30.0 Å². The molecule has 0 bridgehead atoms. The average Bonchev–Trinajstić information content (AvgIpc) is 2.74. The summed E-state index contributed by atoms with van der Waals surface area (Å²) in [7, 11) is 0. The topological polar surface area (TPSA) is 214 Å². The largest absolute Gasteiger partial charge is 0.508 e. The van der Waals surface area contributed by atoms with E-state index in [1.807, 2.05) is 0 Å². The Hall–Kier alpha value is -3.67. The minimum atomic E-state index is -1.26. The third-order valence-corrected chi connectivity index (χ3v) is 4.72. The summed E-state index contributed by atoms with van der Waals surface area (Å²) < 4.78 is 0. The molecule has 12 nitrogen and oxygen atoms in total. The van der Waals surface area contributed by atoms with Crippen LogP contribution in [0.5, 0.6) is 5.75 Å². The molecule has 3 atom stereocenters. The van der Waals surface area contributed by atoms with Gasteiger partial charge >= 0.3 is 5.97 Å². The number of aromatic hydroxyl groups is 1. The molecule has 0 saturated carbocycles. The zero-order valence-electron chi connectivity index (χ0n) is 18.5. The zero-order valence-corrected chi connectivity index (χ0v) is 18.5. The molecule has 0 saturated heterocycles. The van der Waals surface area contributed by atoms with Crippen molar-refractivity contribution in [2.24, 2.45) is 17.4 Å². The summed E-state index contributed by atoms with van der Waals surface area (Å²) in [6.45, 7) is 2.85. The number of nitrogens with two attached hydrogens (primary N) is 2. The minimum Gasteiger partial charge on any atom is -0.508 e. The number of carboxylic acid groups (broad SMARTS) is 1. The monoisotopic (exact) mass is 465 g/mol. The molecule has 0 aromatic heterocycles. The molecule has 1 aromatic rings. The molecule has 33 heavy (non-hydrogen) atoms. The molecular formula is C21H31N5O7. The fourth-order valence-corrected chi connectivity index (χ4v) is 2.81. The third-order valence-electron chi connectivity index (χ3n) is 4.72. The van der Waals surface area contributed by atoms with Crippen LogP contribution in [-0.2, 0) is 30.4 Å². The van der Waals surface area contributed by atoms with Gasteiger partial charge in [0.05, 0.1) is 12.6 Å². The second kappa shape index (κ2) is 13.0. The van der Waals surface area contributed by atoms with Crippen molar-refractivity contribution in [1.82, 2.24) is 16.0 Å². The van der Waals surface area contributed by atoms with Crippen molar-refractivity contribution in [3.63, 3.8) is 0 Å². The van der Waals surface area contributed by atoms with E-state index in [9.17, 15) is 34.2 Å². The van der Waals surface area contributed by atoms with Gasteiger partial charge in [0.25, 0.3) is 0 Å². The second-order valence-electron chi connectivity index (χ2n) is 7.89. The smallest absolute Gasteiger partial charge is 0.326 e. The Labute approximate surface area is 191 Å². The maximum absolute atomic E-state index is 12.5. The molecule has 0 radical (unpaired) electrons. The van der Waals surface area contributed by atoms with E-state index in [-0.39, 0.29) is 30.9 Å². The van der Waals surface area contributed by atoms with Gasteiger partial charge in [-0.1, -0.05) is 26.0 Å². The Balaban J connectivity index is 2.63. The van der Waals surface area contributed by atoms with Gasteiger partial charge in [0, 0.05) is 12.8 Å². The van der Waals surface area contributed by atoms with Crippen LogP contribution in [0.2, 0.25) is 0 Å². The van der Waals surface area contributed by atoms with Crippen LogP contribution < -0.4 is 27.4 Å². The molecule has 1 aromatic carbocycles. The molecule has 0 spiro atoms. The molecule has 1 rings (SSSR count). The minimum absolute atomic E-state index is 0.0214. The van der Waals surface area contributed by atoms with Gasteiger partial charge in [0.1, 0.15) is 17.8 Å². The van der Waals surface area contributed by atoms with Gasteiger partial charge in [-0.25, -0.2) is 4.79 Å². The molecule has 0 aliphatic carbocycles. The molecule has 182 valence electrons. The number of hydrogen-bond acceptors (Lipinski definition) is 7. The lowest BCUT2D eigenvalue weighted by molar-refractivity contribution is -0.141. The number of rotatable bonds is 13. The lowest BCUT2D eigenvalue weighted by Gasteiger charge is -2.23. The molecule has 4 amide bonds. The molecule has 12 heteroatoms. The maximum atomic E-state index is 12.5. The van der Waals surface area contributed by atoms with E-state index in [2.05, 4.69) is 16.0 Å². The highest BCUT2D eigenvalue weighted by molar-refractivity contribution is 5.92. The summed E-state index contributed by atoms with van der Waals surface area (Å²) in [6.07, 6.45) is -0.0844. The molecule has 0 fully saturated rings. The summed E-state index contributed by atoms with van der Waals surface area (Å²) in [4.78, 5) is 59.2. The van der Waals surface area contributed by atoms with Crippen LogP contribution in [0.15, 0.2) is 24.3 Å². The van der Waals surface area contributed by atoms with E-state index in [1.165, 1.54) is 24.3 Å².